The molecule has 2 aliphatic rings. The molecule has 8 heteroatoms. The number of ether oxygens (including phenoxy) is 2. The maximum atomic E-state index is 13.6. The second-order valence-electron chi connectivity index (χ2n) is 9.81. The first-order valence-electron chi connectivity index (χ1n) is 12.3. The number of fused-ring (bicyclic) bond motifs is 1. The Labute approximate surface area is 202 Å². The number of hydrogen-bond donors (Lipinski definition) is 1. The molecule has 1 aliphatic carbocycles. The Kier molecular flexibility index (Phi) is 8.94. The van der Waals surface area contributed by atoms with Crippen LogP contribution in [-0.2, 0) is 14.3 Å². The quantitative estimate of drug-likeness (QED) is 0.725. The van der Waals surface area contributed by atoms with E-state index in [1.54, 1.807) is 37.3 Å². The topological polar surface area (TPSA) is 88.2 Å². The highest BCUT2D eigenvalue weighted by Gasteiger charge is 2.33. The van der Waals surface area contributed by atoms with Crippen molar-refractivity contribution >= 4 is 23.4 Å². The van der Waals surface area contributed by atoms with E-state index in [0.717, 1.165) is 25.7 Å². The van der Waals surface area contributed by atoms with Crippen LogP contribution in [0.4, 0.5) is 5.69 Å². The molecule has 3 rings (SSSR count). The fraction of sp³-hybridized carbons (Fsp3) is 0.654. The zero-order valence-electron chi connectivity index (χ0n) is 21.1. The highest BCUT2D eigenvalue weighted by atomic mass is 16.5. The summed E-state index contributed by atoms with van der Waals surface area (Å²) in [4.78, 5) is 41.9. The maximum Gasteiger partial charge on any atom is 0.257 e. The van der Waals surface area contributed by atoms with Crippen molar-refractivity contribution in [2.45, 2.75) is 65.0 Å². The number of rotatable bonds is 3. The summed E-state index contributed by atoms with van der Waals surface area (Å²) < 4.78 is 11.9. The molecule has 1 saturated carbocycles. The molecule has 3 amide bonds. The second kappa shape index (κ2) is 11.7. The number of likely N-dealkylation sites (N-methyl/N-ethyl adjacent to an activating group) is 1. The van der Waals surface area contributed by atoms with Crippen LogP contribution in [0, 0.1) is 11.8 Å². The molecule has 0 aromatic heterocycles. The molecule has 1 aromatic rings. The number of benzene rings is 1. The first-order valence-corrected chi connectivity index (χ1v) is 12.3. The smallest absolute Gasteiger partial charge is 0.257 e. The van der Waals surface area contributed by atoms with E-state index < -0.39 is 0 Å². The first-order chi connectivity index (χ1) is 16.2. The van der Waals surface area contributed by atoms with Gasteiger partial charge in [-0.3, -0.25) is 14.4 Å². The standard InChI is InChI=1S/C26H39N3O5/c1-17-14-29(25(31)20-9-7-6-8-10-20)18(2)16-34-23-13-21(27-19(3)30)11-12-22(23)26(32)28(4)15-24(17)33-5/h11-13,17-18,20,24H,6-10,14-16H2,1-5H3,(H,27,30)/t17-,18+,24-/m0/s1. The van der Waals surface area contributed by atoms with Crippen molar-refractivity contribution in [1.82, 2.24) is 9.80 Å². The zero-order valence-corrected chi connectivity index (χ0v) is 21.1. The molecule has 0 unspecified atom stereocenters. The third-order valence-electron chi connectivity index (χ3n) is 7.00. The van der Waals surface area contributed by atoms with E-state index in [-0.39, 0.29) is 48.3 Å². The van der Waals surface area contributed by atoms with Crippen LogP contribution in [0.5, 0.6) is 5.75 Å². The van der Waals surface area contributed by atoms with Gasteiger partial charge in [-0.05, 0) is 31.9 Å². The highest BCUT2D eigenvalue weighted by Crippen LogP contribution is 2.29. The average Bonchev–Trinajstić information content (AvgIpc) is 2.82. The van der Waals surface area contributed by atoms with Gasteiger partial charge in [0.05, 0.1) is 17.7 Å². The van der Waals surface area contributed by atoms with Crippen molar-refractivity contribution in [3.8, 4) is 5.75 Å². The minimum Gasteiger partial charge on any atom is -0.491 e. The van der Waals surface area contributed by atoms with Gasteiger partial charge in [0.1, 0.15) is 12.4 Å². The van der Waals surface area contributed by atoms with E-state index in [2.05, 4.69) is 12.2 Å². The zero-order chi connectivity index (χ0) is 24.8. The number of nitrogens with zero attached hydrogens (tertiary/aromatic N) is 2. The van der Waals surface area contributed by atoms with Gasteiger partial charge in [-0.25, -0.2) is 0 Å². The van der Waals surface area contributed by atoms with Gasteiger partial charge in [0, 0.05) is 57.8 Å². The predicted molar refractivity (Wildman–Crippen MR) is 131 cm³/mol. The lowest BCUT2D eigenvalue weighted by Crippen LogP contribution is -2.50. The molecule has 188 valence electrons. The number of carbonyl (C=O) groups excluding carboxylic acids is 3. The lowest BCUT2D eigenvalue weighted by molar-refractivity contribution is -0.141. The van der Waals surface area contributed by atoms with E-state index in [1.807, 2.05) is 11.8 Å². The third-order valence-corrected chi connectivity index (χ3v) is 7.00. The van der Waals surface area contributed by atoms with Crippen molar-refractivity contribution in [1.29, 1.82) is 0 Å². The third kappa shape index (κ3) is 6.29. The molecule has 0 saturated heterocycles. The minimum atomic E-state index is -0.217. The van der Waals surface area contributed by atoms with Crippen LogP contribution in [0.25, 0.3) is 0 Å². The Balaban J connectivity index is 1.94. The van der Waals surface area contributed by atoms with Gasteiger partial charge >= 0.3 is 0 Å². The molecule has 34 heavy (non-hydrogen) atoms. The molecule has 1 fully saturated rings. The second-order valence-corrected chi connectivity index (χ2v) is 9.81. The summed E-state index contributed by atoms with van der Waals surface area (Å²) in [6.45, 7) is 6.67. The van der Waals surface area contributed by atoms with Crippen molar-refractivity contribution in [3.05, 3.63) is 23.8 Å². The number of hydrogen-bond acceptors (Lipinski definition) is 5. The van der Waals surface area contributed by atoms with Crippen LogP contribution in [0.2, 0.25) is 0 Å². The molecule has 0 spiro atoms. The van der Waals surface area contributed by atoms with Gasteiger partial charge in [-0.1, -0.05) is 26.2 Å². The molecular weight excluding hydrogens is 434 g/mol. The van der Waals surface area contributed by atoms with Gasteiger partial charge in [-0.15, -0.1) is 0 Å². The monoisotopic (exact) mass is 473 g/mol. The Bertz CT molecular complexity index is 883. The number of nitrogens with one attached hydrogen (secondary N) is 1. The number of carbonyl (C=O) groups is 3. The van der Waals surface area contributed by atoms with Crippen LogP contribution in [0.15, 0.2) is 18.2 Å². The van der Waals surface area contributed by atoms with Gasteiger partial charge in [0.15, 0.2) is 0 Å². The van der Waals surface area contributed by atoms with Crippen molar-refractivity contribution in [2.75, 3.05) is 39.2 Å². The van der Waals surface area contributed by atoms with E-state index >= 15 is 0 Å². The molecule has 1 aliphatic heterocycles. The number of methoxy groups -OCH3 is 1. The maximum absolute atomic E-state index is 13.6. The van der Waals surface area contributed by atoms with Gasteiger partial charge in [-0.2, -0.15) is 0 Å². The van der Waals surface area contributed by atoms with Crippen molar-refractivity contribution in [3.63, 3.8) is 0 Å². The summed E-state index contributed by atoms with van der Waals surface area (Å²) in [5.41, 5.74) is 0.969. The molecule has 1 heterocycles. The lowest BCUT2D eigenvalue weighted by Gasteiger charge is -2.38. The van der Waals surface area contributed by atoms with Crippen LogP contribution >= 0.6 is 0 Å². The summed E-state index contributed by atoms with van der Waals surface area (Å²) >= 11 is 0. The molecule has 1 aromatic carbocycles. The number of amides is 3. The average molecular weight is 474 g/mol. The molecule has 0 bridgehead atoms. The largest absolute Gasteiger partial charge is 0.491 e. The fourth-order valence-corrected chi connectivity index (χ4v) is 4.94. The predicted octanol–water partition coefficient (Wildman–Crippen LogP) is 3.56. The Morgan fingerprint density at radius 1 is 1.12 bits per heavy atom. The summed E-state index contributed by atoms with van der Waals surface area (Å²) in [5.74, 6) is 0.290. The highest BCUT2D eigenvalue weighted by molar-refractivity contribution is 5.98. The molecule has 3 atom stereocenters. The van der Waals surface area contributed by atoms with E-state index in [1.165, 1.54) is 13.3 Å². The minimum absolute atomic E-state index is 0.0382. The Hall–Kier alpha value is -2.61. The van der Waals surface area contributed by atoms with Gasteiger partial charge < -0.3 is 24.6 Å². The van der Waals surface area contributed by atoms with Crippen LogP contribution < -0.4 is 10.1 Å². The Morgan fingerprint density at radius 3 is 2.47 bits per heavy atom. The lowest BCUT2D eigenvalue weighted by atomic mass is 9.87. The summed E-state index contributed by atoms with van der Waals surface area (Å²) in [6, 6.07) is 4.86. The van der Waals surface area contributed by atoms with E-state index in [0.29, 0.717) is 30.1 Å². The van der Waals surface area contributed by atoms with E-state index in [9.17, 15) is 14.4 Å². The molecule has 0 radical (unpaired) electrons. The van der Waals surface area contributed by atoms with Crippen LogP contribution in [0.1, 0.15) is 63.2 Å². The Morgan fingerprint density at radius 2 is 1.82 bits per heavy atom. The van der Waals surface area contributed by atoms with Crippen LogP contribution in [0.3, 0.4) is 0 Å². The molecular formula is C26H39N3O5. The van der Waals surface area contributed by atoms with Crippen LogP contribution in [-0.4, -0.2) is 73.5 Å². The van der Waals surface area contributed by atoms with E-state index in [4.69, 9.17) is 9.47 Å². The fourth-order valence-electron chi connectivity index (χ4n) is 4.94. The normalized spacial score (nSPS) is 25.0. The summed E-state index contributed by atoms with van der Waals surface area (Å²) in [6.07, 6.45) is 5.04. The van der Waals surface area contributed by atoms with Crippen molar-refractivity contribution < 1.29 is 23.9 Å². The SMILES string of the molecule is CO[C@H]1CN(C)C(=O)c2ccc(NC(C)=O)cc2OC[C@@H](C)N(C(=O)C2CCCCC2)C[C@@H]1C. The first kappa shape index (κ1) is 26.0. The molecule has 1 N–H and O–H groups in total. The summed E-state index contributed by atoms with van der Waals surface area (Å²) in [7, 11) is 3.39. The molecule has 8 nitrogen and oxygen atoms in total. The van der Waals surface area contributed by atoms with Gasteiger partial charge in [0.2, 0.25) is 11.8 Å². The number of anilines is 1. The summed E-state index contributed by atoms with van der Waals surface area (Å²) in [5, 5.41) is 2.74. The van der Waals surface area contributed by atoms with Gasteiger partial charge in [0.25, 0.3) is 5.91 Å². The van der Waals surface area contributed by atoms with Crippen molar-refractivity contribution in [2.24, 2.45) is 11.8 Å².